The zero-order chi connectivity index (χ0) is 21.2. The van der Waals surface area contributed by atoms with Gasteiger partial charge in [-0.15, -0.1) is 0 Å². The molecule has 0 fully saturated rings. The van der Waals surface area contributed by atoms with Crippen molar-refractivity contribution in [2.75, 3.05) is 29.1 Å². The van der Waals surface area contributed by atoms with E-state index in [1.807, 2.05) is 30.3 Å². The van der Waals surface area contributed by atoms with Crippen molar-refractivity contribution < 1.29 is 5.11 Å². The van der Waals surface area contributed by atoms with E-state index in [-0.39, 0.29) is 12.6 Å². The Morgan fingerprint density at radius 2 is 2.03 bits per heavy atom. The molecule has 0 amide bonds. The van der Waals surface area contributed by atoms with Gasteiger partial charge in [0.15, 0.2) is 5.82 Å². The van der Waals surface area contributed by atoms with Crippen LogP contribution in [0.25, 0.3) is 11.0 Å². The lowest BCUT2D eigenvalue weighted by molar-refractivity contribution is 0.311. The molecule has 0 spiro atoms. The predicted molar refractivity (Wildman–Crippen MR) is 121 cm³/mol. The lowest BCUT2D eigenvalue weighted by Gasteiger charge is -2.12. The molecule has 0 aliphatic rings. The number of aliphatic hydroxyl groups excluding tert-OH is 1. The maximum Gasteiger partial charge on any atom is 0.228 e. The first kappa shape index (κ1) is 20.7. The molecule has 10 heteroatoms. The zero-order valence-corrected chi connectivity index (χ0v) is 16.3. The first-order valence-electron chi connectivity index (χ1n) is 9.24. The van der Waals surface area contributed by atoms with Crippen LogP contribution in [0, 0.1) is 0 Å². The summed E-state index contributed by atoms with van der Waals surface area (Å²) in [7, 11) is 0. The minimum atomic E-state index is -0.0352. The standard InChI is InChI=1S/C20H23N9O/c1-2-22-19(26-13-21)27-15-10-16-17(24-12-15)18(29-20(28-16)23-8-9-30)25-11-14-6-4-3-5-7-14/h2-7,10,12-13,30H,1,8-9,11H2,(H3,21,22,26,27)(H2,23,25,28,29). The molecule has 10 nitrogen and oxygen atoms in total. The molecule has 0 bridgehead atoms. The van der Waals surface area contributed by atoms with Gasteiger partial charge in [0.1, 0.15) is 5.52 Å². The first-order chi connectivity index (χ1) is 14.7. The van der Waals surface area contributed by atoms with Gasteiger partial charge >= 0.3 is 0 Å². The summed E-state index contributed by atoms with van der Waals surface area (Å²) in [5.41, 5.74) is 8.28. The second-order valence-corrected chi connectivity index (χ2v) is 6.02. The number of nitrogens with one attached hydrogen (secondary N) is 3. The van der Waals surface area contributed by atoms with Crippen molar-refractivity contribution in [1.82, 2.24) is 15.0 Å². The maximum absolute atomic E-state index is 9.11. The first-order valence-corrected chi connectivity index (χ1v) is 9.24. The molecule has 0 saturated heterocycles. The van der Waals surface area contributed by atoms with Crippen LogP contribution in [0.15, 0.2) is 65.4 Å². The van der Waals surface area contributed by atoms with E-state index < -0.39 is 0 Å². The van der Waals surface area contributed by atoms with E-state index in [9.17, 15) is 0 Å². The number of aliphatic imine (C=N–C) groups is 2. The molecular weight excluding hydrogens is 382 g/mol. The number of rotatable bonds is 8. The van der Waals surface area contributed by atoms with Crippen LogP contribution in [0.3, 0.4) is 0 Å². The summed E-state index contributed by atoms with van der Waals surface area (Å²) in [4.78, 5) is 21.4. The molecule has 1 aromatic carbocycles. The number of hydrogen-bond donors (Lipinski definition) is 5. The fourth-order valence-corrected chi connectivity index (χ4v) is 2.62. The number of nitrogens with two attached hydrogens (primary N) is 1. The Balaban J connectivity index is 1.93. The van der Waals surface area contributed by atoms with Gasteiger partial charge in [0, 0.05) is 19.3 Å². The van der Waals surface area contributed by atoms with Crippen molar-refractivity contribution >= 4 is 40.8 Å². The quantitative estimate of drug-likeness (QED) is 0.282. The van der Waals surface area contributed by atoms with Crippen molar-refractivity contribution in [3.8, 4) is 0 Å². The minimum absolute atomic E-state index is 0.0352. The molecule has 3 rings (SSSR count). The van der Waals surface area contributed by atoms with Crippen LogP contribution in [-0.2, 0) is 6.54 Å². The number of hydrogen-bond acceptors (Lipinski definition) is 7. The van der Waals surface area contributed by atoms with E-state index in [2.05, 4.69) is 47.5 Å². The number of guanidine groups is 1. The average molecular weight is 405 g/mol. The molecule has 0 saturated carbocycles. The van der Waals surface area contributed by atoms with Crippen molar-refractivity contribution in [2.24, 2.45) is 15.7 Å². The van der Waals surface area contributed by atoms with Gasteiger partial charge in [-0.25, -0.2) is 20.0 Å². The topological polar surface area (TPSA) is 146 Å². The highest BCUT2D eigenvalue weighted by Crippen LogP contribution is 2.23. The molecule has 6 N–H and O–H groups in total. The largest absolute Gasteiger partial charge is 0.395 e. The second kappa shape index (κ2) is 10.5. The monoisotopic (exact) mass is 405 g/mol. The third-order valence-corrected chi connectivity index (χ3v) is 3.90. The molecular formula is C20H23N9O. The van der Waals surface area contributed by atoms with Crippen LogP contribution < -0.4 is 21.7 Å². The minimum Gasteiger partial charge on any atom is -0.395 e. The molecule has 0 aliphatic heterocycles. The lowest BCUT2D eigenvalue weighted by Crippen LogP contribution is -2.13. The Labute approximate surface area is 173 Å². The second-order valence-electron chi connectivity index (χ2n) is 6.02. The predicted octanol–water partition coefficient (Wildman–Crippen LogP) is 1.94. The number of nitrogens with zero attached hydrogens (tertiary/aromatic N) is 5. The van der Waals surface area contributed by atoms with Crippen LogP contribution in [0.2, 0.25) is 0 Å². The summed E-state index contributed by atoms with van der Waals surface area (Å²) in [5, 5.41) is 18.4. The Kier molecular flexibility index (Phi) is 7.23. The van der Waals surface area contributed by atoms with E-state index in [0.29, 0.717) is 41.6 Å². The molecule has 0 unspecified atom stereocenters. The van der Waals surface area contributed by atoms with Gasteiger partial charge in [-0.3, -0.25) is 0 Å². The third kappa shape index (κ3) is 5.49. The SMILES string of the molecule is C=C/N=C(\N=C/N)Nc1cnc2c(NCc3ccccc3)nc(NCCO)nc2c1. The summed E-state index contributed by atoms with van der Waals surface area (Å²) < 4.78 is 0. The van der Waals surface area contributed by atoms with Crippen LogP contribution in [0.5, 0.6) is 0 Å². The van der Waals surface area contributed by atoms with E-state index in [0.717, 1.165) is 11.9 Å². The summed E-state index contributed by atoms with van der Waals surface area (Å²) >= 11 is 0. The van der Waals surface area contributed by atoms with E-state index in [4.69, 9.17) is 10.8 Å². The van der Waals surface area contributed by atoms with Crippen LogP contribution in [-0.4, -0.2) is 45.5 Å². The highest BCUT2D eigenvalue weighted by molar-refractivity contribution is 5.99. The Hall–Kier alpha value is -4.05. The summed E-state index contributed by atoms with van der Waals surface area (Å²) in [5.74, 6) is 1.23. The average Bonchev–Trinajstić information content (AvgIpc) is 2.77. The molecule has 0 radical (unpaired) electrons. The van der Waals surface area contributed by atoms with Gasteiger partial charge in [-0.05, 0) is 11.6 Å². The summed E-state index contributed by atoms with van der Waals surface area (Å²) in [6, 6.07) is 11.8. The van der Waals surface area contributed by atoms with Crippen molar-refractivity contribution in [1.29, 1.82) is 0 Å². The highest BCUT2D eigenvalue weighted by Gasteiger charge is 2.11. The van der Waals surface area contributed by atoms with Crippen molar-refractivity contribution in [2.45, 2.75) is 6.54 Å². The number of aliphatic hydroxyl groups is 1. The van der Waals surface area contributed by atoms with Crippen LogP contribution >= 0.6 is 0 Å². The van der Waals surface area contributed by atoms with Gasteiger partial charge < -0.3 is 26.8 Å². The summed E-state index contributed by atoms with van der Waals surface area (Å²) in [6.45, 7) is 4.43. The number of fused-ring (bicyclic) bond motifs is 1. The molecule has 0 atom stereocenters. The van der Waals surface area contributed by atoms with E-state index in [1.54, 1.807) is 12.3 Å². The van der Waals surface area contributed by atoms with E-state index >= 15 is 0 Å². The third-order valence-electron chi connectivity index (χ3n) is 3.90. The van der Waals surface area contributed by atoms with Gasteiger partial charge in [0.25, 0.3) is 0 Å². The Bertz CT molecular complexity index is 1050. The normalized spacial score (nSPS) is 11.6. The van der Waals surface area contributed by atoms with Gasteiger partial charge in [-0.1, -0.05) is 36.9 Å². The Morgan fingerprint density at radius 1 is 1.20 bits per heavy atom. The fraction of sp³-hybridized carbons (Fsp3) is 0.150. The lowest BCUT2D eigenvalue weighted by atomic mass is 10.2. The number of aromatic nitrogens is 3. The maximum atomic E-state index is 9.11. The molecule has 2 aromatic heterocycles. The number of anilines is 3. The smallest absolute Gasteiger partial charge is 0.228 e. The number of pyridine rings is 1. The van der Waals surface area contributed by atoms with Crippen molar-refractivity contribution in [3.63, 3.8) is 0 Å². The van der Waals surface area contributed by atoms with Crippen LogP contribution in [0.1, 0.15) is 5.56 Å². The molecule has 0 aliphatic carbocycles. The Morgan fingerprint density at radius 3 is 2.77 bits per heavy atom. The van der Waals surface area contributed by atoms with Gasteiger partial charge in [-0.2, -0.15) is 4.98 Å². The zero-order valence-electron chi connectivity index (χ0n) is 16.3. The molecule has 3 aromatic rings. The number of benzene rings is 1. The molecule has 154 valence electrons. The summed E-state index contributed by atoms with van der Waals surface area (Å²) in [6.07, 6.45) is 4.12. The van der Waals surface area contributed by atoms with Gasteiger partial charge in [0.05, 0.1) is 30.3 Å². The molecule has 2 heterocycles. The molecule has 30 heavy (non-hydrogen) atoms. The highest BCUT2D eigenvalue weighted by atomic mass is 16.3. The van der Waals surface area contributed by atoms with Gasteiger partial charge in [0.2, 0.25) is 11.9 Å². The van der Waals surface area contributed by atoms with Crippen molar-refractivity contribution in [3.05, 3.63) is 60.9 Å². The fourth-order valence-electron chi connectivity index (χ4n) is 2.62. The van der Waals surface area contributed by atoms with E-state index in [1.165, 1.54) is 6.20 Å². The van der Waals surface area contributed by atoms with Crippen LogP contribution in [0.4, 0.5) is 17.5 Å².